The molecule has 26 heavy (non-hydrogen) atoms. The lowest BCUT2D eigenvalue weighted by atomic mass is 9.84. The largest absolute Gasteiger partial charge is 0.508 e. The van der Waals surface area contributed by atoms with Crippen molar-refractivity contribution in [1.29, 1.82) is 0 Å². The van der Waals surface area contributed by atoms with Crippen LogP contribution in [0.5, 0.6) is 11.5 Å². The van der Waals surface area contributed by atoms with Crippen LogP contribution < -0.4 is 4.74 Å². The maximum atomic E-state index is 9.46. The molecule has 0 spiro atoms. The van der Waals surface area contributed by atoms with E-state index in [4.69, 9.17) is 9.47 Å². The first-order chi connectivity index (χ1) is 12.3. The van der Waals surface area contributed by atoms with Crippen LogP contribution in [-0.2, 0) is 4.74 Å². The molecule has 2 aromatic carbocycles. The van der Waals surface area contributed by atoms with Crippen molar-refractivity contribution in [3.8, 4) is 11.5 Å². The van der Waals surface area contributed by atoms with E-state index in [0.29, 0.717) is 24.2 Å². The second-order valence-electron chi connectivity index (χ2n) is 7.34. The molecule has 0 aliphatic heterocycles. The Bertz CT molecular complexity index is 659. The predicted molar refractivity (Wildman–Crippen MR) is 107 cm³/mol. The van der Waals surface area contributed by atoms with E-state index in [1.807, 2.05) is 45.0 Å². The van der Waals surface area contributed by atoms with Gasteiger partial charge in [-0.05, 0) is 67.0 Å². The smallest absolute Gasteiger partial charge is 0.204 e. The second-order valence-corrected chi connectivity index (χ2v) is 7.34. The lowest BCUT2D eigenvalue weighted by Crippen LogP contribution is -2.31. The molecule has 0 heterocycles. The van der Waals surface area contributed by atoms with Gasteiger partial charge in [-0.3, -0.25) is 0 Å². The summed E-state index contributed by atoms with van der Waals surface area (Å²) < 4.78 is 11.5. The van der Waals surface area contributed by atoms with Crippen molar-refractivity contribution in [2.24, 2.45) is 0 Å². The molecule has 142 valence electrons. The van der Waals surface area contributed by atoms with Crippen molar-refractivity contribution in [2.75, 3.05) is 6.61 Å². The Morgan fingerprint density at radius 1 is 0.923 bits per heavy atom. The summed E-state index contributed by atoms with van der Waals surface area (Å²) in [6.45, 7) is 10.9. The van der Waals surface area contributed by atoms with Crippen LogP contribution in [-0.4, -0.2) is 17.5 Å². The molecular weight excluding hydrogens is 324 g/mol. The predicted octanol–water partition coefficient (Wildman–Crippen LogP) is 6.23. The number of hydrogen-bond donors (Lipinski definition) is 1. The van der Waals surface area contributed by atoms with Gasteiger partial charge in [-0.2, -0.15) is 0 Å². The van der Waals surface area contributed by atoms with Crippen molar-refractivity contribution in [2.45, 2.75) is 65.1 Å². The third-order valence-corrected chi connectivity index (χ3v) is 4.80. The van der Waals surface area contributed by atoms with Crippen molar-refractivity contribution in [3.05, 3.63) is 59.7 Å². The number of benzene rings is 2. The zero-order valence-electron chi connectivity index (χ0n) is 16.7. The second kappa shape index (κ2) is 9.09. The maximum Gasteiger partial charge on any atom is 0.204 e. The highest BCUT2D eigenvalue weighted by Crippen LogP contribution is 2.33. The van der Waals surface area contributed by atoms with Crippen LogP contribution >= 0.6 is 0 Å². The zero-order valence-corrected chi connectivity index (χ0v) is 16.7. The van der Waals surface area contributed by atoms with E-state index in [1.54, 1.807) is 12.1 Å². The van der Waals surface area contributed by atoms with Gasteiger partial charge in [0.1, 0.15) is 11.5 Å². The third kappa shape index (κ3) is 5.77. The summed E-state index contributed by atoms with van der Waals surface area (Å²) in [5, 5.41) is 9.46. The van der Waals surface area contributed by atoms with Crippen LogP contribution in [0.4, 0.5) is 0 Å². The number of phenols is 1. The molecule has 3 heteroatoms. The molecule has 0 amide bonds. The first-order valence-electron chi connectivity index (χ1n) is 9.56. The van der Waals surface area contributed by atoms with E-state index in [-0.39, 0.29) is 0 Å². The van der Waals surface area contributed by atoms with E-state index in [9.17, 15) is 5.11 Å². The van der Waals surface area contributed by atoms with Gasteiger partial charge in [0.15, 0.2) is 0 Å². The van der Waals surface area contributed by atoms with E-state index < -0.39 is 5.79 Å². The normalized spacial score (nSPS) is 14.0. The first-order valence-corrected chi connectivity index (χ1v) is 9.56. The Hall–Kier alpha value is -2.00. The summed E-state index contributed by atoms with van der Waals surface area (Å²) in [6, 6.07) is 15.9. The van der Waals surface area contributed by atoms with Crippen LogP contribution in [0.2, 0.25) is 0 Å². The van der Waals surface area contributed by atoms with Gasteiger partial charge in [0.05, 0.1) is 0 Å². The van der Waals surface area contributed by atoms with Crippen molar-refractivity contribution in [3.63, 3.8) is 0 Å². The molecule has 0 fully saturated rings. The summed E-state index contributed by atoms with van der Waals surface area (Å²) in [5.74, 6) is 1.46. The molecule has 2 rings (SSSR count). The molecule has 0 bridgehead atoms. The van der Waals surface area contributed by atoms with E-state index >= 15 is 0 Å². The van der Waals surface area contributed by atoms with Crippen molar-refractivity contribution < 1.29 is 14.6 Å². The van der Waals surface area contributed by atoms with Crippen LogP contribution in [0.1, 0.15) is 70.4 Å². The van der Waals surface area contributed by atoms with Crippen molar-refractivity contribution >= 4 is 0 Å². The average molecular weight is 357 g/mol. The fourth-order valence-corrected chi connectivity index (χ4v) is 3.37. The van der Waals surface area contributed by atoms with Gasteiger partial charge < -0.3 is 14.6 Å². The fraction of sp³-hybridized carbons (Fsp3) is 0.478. The molecule has 0 saturated carbocycles. The standard InChI is InChI=1S/C23H32O3/c1-6-18(16-17(3)19-8-12-21(24)13-9-19)20-10-14-22(15-11-20)26-23(4,5)25-7-2/h8-15,17-18,24H,6-7,16H2,1-5H3. The SMILES string of the molecule is CCOC(C)(C)Oc1ccc(C(CC)CC(C)c2ccc(O)cc2)cc1. The molecule has 3 nitrogen and oxygen atoms in total. The first kappa shape index (κ1) is 20.3. The molecule has 0 aromatic heterocycles. The molecule has 0 radical (unpaired) electrons. The topological polar surface area (TPSA) is 38.7 Å². The van der Waals surface area contributed by atoms with Gasteiger partial charge >= 0.3 is 0 Å². The summed E-state index contributed by atoms with van der Waals surface area (Å²) in [6.07, 6.45) is 2.17. The Morgan fingerprint density at radius 2 is 1.50 bits per heavy atom. The lowest BCUT2D eigenvalue weighted by Gasteiger charge is -2.26. The molecule has 2 atom stereocenters. The quantitative estimate of drug-likeness (QED) is 0.541. The number of ether oxygens (including phenoxy) is 2. The molecule has 0 aliphatic carbocycles. The number of rotatable bonds is 9. The summed E-state index contributed by atoms with van der Waals surface area (Å²) in [4.78, 5) is 0. The lowest BCUT2D eigenvalue weighted by molar-refractivity contribution is -0.152. The zero-order chi connectivity index (χ0) is 19.2. The molecule has 1 N–H and O–H groups in total. The third-order valence-electron chi connectivity index (χ3n) is 4.80. The van der Waals surface area contributed by atoms with Crippen LogP contribution in [0.3, 0.4) is 0 Å². The van der Waals surface area contributed by atoms with Crippen LogP contribution in [0.25, 0.3) is 0 Å². The van der Waals surface area contributed by atoms with E-state index in [2.05, 4.69) is 26.0 Å². The minimum absolute atomic E-state index is 0.318. The number of aromatic hydroxyl groups is 1. The van der Waals surface area contributed by atoms with Crippen LogP contribution in [0, 0.1) is 0 Å². The minimum atomic E-state index is -0.617. The van der Waals surface area contributed by atoms with Gasteiger partial charge in [0.25, 0.3) is 0 Å². The van der Waals surface area contributed by atoms with Gasteiger partial charge in [-0.1, -0.05) is 38.1 Å². The monoisotopic (exact) mass is 356 g/mol. The van der Waals surface area contributed by atoms with E-state index in [1.165, 1.54) is 11.1 Å². The van der Waals surface area contributed by atoms with Crippen LogP contribution in [0.15, 0.2) is 48.5 Å². The van der Waals surface area contributed by atoms with Gasteiger partial charge in [-0.25, -0.2) is 0 Å². The minimum Gasteiger partial charge on any atom is -0.508 e. The summed E-state index contributed by atoms with van der Waals surface area (Å²) >= 11 is 0. The molecule has 0 aliphatic rings. The highest BCUT2D eigenvalue weighted by Gasteiger charge is 2.20. The van der Waals surface area contributed by atoms with E-state index in [0.717, 1.165) is 18.6 Å². The Balaban J connectivity index is 2.04. The molecular formula is C23H32O3. The molecule has 2 unspecified atom stereocenters. The van der Waals surface area contributed by atoms with Gasteiger partial charge in [-0.15, -0.1) is 0 Å². The highest BCUT2D eigenvalue weighted by molar-refractivity contribution is 5.31. The Labute approximate surface area is 158 Å². The molecule has 0 saturated heterocycles. The maximum absolute atomic E-state index is 9.46. The van der Waals surface area contributed by atoms with Crippen molar-refractivity contribution in [1.82, 2.24) is 0 Å². The number of phenolic OH excluding ortho intramolecular Hbond substituents is 1. The summed E-state index contributed by atoms with van der Waals surface area (Å²) in [7, 11) is 0. The average Bonchev–Trinajstić information content (AvgIpc) is 2.60. The Kier molecular flexibility index (Phi) is 7.10. The molecule has 2 aromatic rings. The van der Waals surface area contributed by atoms with Gasteiger partial charge in [0, 0.05) is 20.5 Å². The van der Waals surface area contributed by atoms with Gasteiger partial charge in [0.2, 0.25) is 5.79 Å². The fourth-order valence-electron chi connectivity index (χ4n) is 3.37. The Morgan fingerprint density at radius 3 is 2.04 bits per heavy atom. The number of hydrogen-bond acceptors (Lipinski definition) is 3. The highest BCUT2D eigenvalue weighted by atomic mass is 16.7. The summed E-state index contributed by atoms with van der Waals surface area (Å²) in [5.41, 5.74) is 2.60.